The van der Waals surface area contributed by atoms with Crippen LogP contribution >= 0.6 is 0 Å². The van der Waals surface area contributed by atoms with Crippen LogP contribution in [0.2, 0.25) is 0 Å². The van der Waals surface area contributed by atoms with Gasteiger partial charge >= 0.3 is 6.18 Å². The number of rotatable bonds is 11. The first-order chi connectivity index (χ1) is 31.4. The van der Waals surface area contributed by atoms with E-state index in [9.17, 15) is 24.4 Å². The quantitative estimate of drug-likeness (QED) is 0.0825. The molecule has 336 valence electrons. The molecule has 4 N–H and O–H groups in total. The summed E-state index contributed by atoms with van der Waals surface area (Å²) in [6.07, 6.45) is -1.68. The smallest absolute Gasteiger partial charge is 0.428 e. The average Bonchev–Trinajstić information content (AvgIpc) is 3.75. The van der Waals surface area contributed by atoms with Gasteiger partial charge in [0, 0.05) is 92.8 Å². The van der Waals surface area contributed by atoms with E-state index in [2.05, 4.69) is 36.9 Å². The fourth-order valence-corrected chi connectivity index (χ4v) is 9.44. The van der Waals surface area contributed by atoms with E-state index in [0.29, 0.717) is 70.7 Å². The Morgan fingerprint density at radius 3 is 2.46 bits per heavy atom. The summed E-state index contributed by atoms with van der Waals surface area (Å²) < 4.78 is 57.3. The van der Waals surface area contributed by atoms with Crippen LogP contribution in [0.5, 0.6) is 11.5 Å². The largest absolute Gasteiger partial charge is 0.492 e. The number of alkyl halides is 3. The van der Waals surface area contributed by atoms with Crippen molar-refractivity contribution >= 4 is 46.0 Å². The highest BCUT2D eigenvalue weighted by molar-refractivity contribution is 6.02. The lowest BCUT2D eigenvalue weighted by molar-refractivity contribution is -0.260. The number of hydrogen-bond donors (Lipinski definition) is 4. The Kier molecular flexibility index (Phi) is 11.9. The third kappa shape index (κ3) is 8.95. The minimum absolute atomic E-state index is 0.0194. The Labute approximate surface area is 372 Å². The number of benzene rings is 3. The fraction of sp³-hybridized carbons (Fsp3) is 0.375. The van der Waals surface area contributed by atoms with Crippen molar-refractivity contribution in [3.8, 4) is 28.8 Å². The second-order valence-corrected chi connectivity index (χ2v) is 17.0. The normalized spacial score (nSPS) is 20.1. The molecule has 0 radical (unpaired) electrons. The van der Waals surface area contributed by atoms with Crippen molar-refractivity contribution in [2.24, 2.45) is 0 Å². The number of pyridine rings is 1. The summed E-state index contributed by atoms with van der Waals surface area (Å²) in [5.41, 5.74) is 1.21. The second-order valence-electron chi connectivity index (χ2n) is 17.0. The molecule has 0 spiro atoms. The van der Waals surface area contributed by atoms with Gasteiger partial charge in [0.25, 0.3) is 0 Å². The number of nitrogens with zero attached hydrogens (tertiary/aromatic N) is 4. The summed E-state index contributed by atoms with van der Waals surface area (Å²) >= 11 is 0. The molecule has 0 bridgehead atoms. The van der Waals surface area contributed by atoms with E-state index in [0.717, 1.165) is 37.3 Å². The molecular formula is C48H47F3N8O6. The molecule has 17 heteroatoms. The van der Waals surface area contributed by atoms with Crippen LogP contribution in [0.1, 0.15) is 73.5 Å². The zero-order valence-electron chi connectivity index (χ0n) is 35.4. The van der Waals surface area contributed by atoms with E-state index in [1.807, 2.05) is 12.1 Å². The lowest BCUT2D eigenvalue weighted by atomic mass is 9.86. The molecule has 3 aromatic carbocycles. The number of hydrogen-bond acceptors (Lipinski definition) is 10. The predicted molar refractivity (Wildman–Crippen MR) is 234 cm³/mol. The monoisotopic (exact) mass is 888 g/mol. The number of imide groups is 1. The van der Waals surface area contributed by atoms with Crippen molar-refractivity contribution in [1.29, 1.82) is 5.26 Å². The van der Waals surface area contributed by atoms with Crippen LogP contribution in [0.4, 0.5) is 24.7 Å². The Hall–Kier alpha value is -6.93. The number of aromatic amines is 1. The second kappa shape index (κ2) is 17.9. The number of nitrogens with one attached hydrogen (secondary N) is 4. The number of anilines is 2. The number of para-hydroxylation sites is 1. The van der Waals surface area contributed by atoms with Crippen LogP contribution in [0, 0.1) is 11.3 Å². The van der Waals surface area contributed by atoms with Crippen molar-refractivity contribution in [2.45, 2.75) is 74.6 Å². The summed E-state index contributed by atoms with van der Waals surface area (Å²) in [6.45, 7) is 2.01. The molecule has 6 heterocycles. The molecule has 2 aromatic heterocycles. The lowest BCUT2D eigenvalue weighted by Gasteiger charge is -2.43. The number of likely N-dealkylation sites (tertiary alicyclic amines) is 1. The van der Waals surface area contributed by atoms with Gasteiger partial charge in [-0.15, -0.1) is 0 Å². The molecule has 1 unspecified atom stereocenters. The number of piperidine rings is 3. The van der Waals surface area contributed by atoms with Crippen molar-refractivity contribution in [3.05, 3.63) is 102 Å². The van der Waals surface area contributed by atoms with E-state index >= 15 is 13.2 Å². The minimum atomic E-state index is -4.77. The zero-order chi connectivity index (χ0) is 45.3. The van der Waals surface area contributed by atoms with Crippen molar-refractivity contribution < 1.29 is 41.8 Å². The number of amides is 4. The van der Waals surface area contributed by atoms with Crippen molar-refractivity contribution in [2.75, 3.05) is 49.5 Å². The number of ether oxygens (including phenoxy) is 2. The zero-order valence-corrected chi connectivity index (χ0v) is 35.4. The molecule has 0 saturated carbocycles. The maximum absolute atomic E-state index is 15.1. The van der Waals surface area contributed by atoms with Gasteiger partial charge in [0.15, 0.2) is 0 Å². The summed E-state index contributed by atoms with van der Waals surface area (Å²) in [7, 11) is 0. The number of nitriles is 1. The molecular weight excluding hydrogens is 842 g/mol. The maximum Gasteiger partial charge on any atom is 0.428 e. The molecule has 3 saturated heterocycles. The van der Waals surface area contributed by atoms with Crippen molar-refractivity contribution in [3.63, 3.8) is 0 Å². The van der Waals surface area contributed by atoms with Gasteiger partial charge in [-0.1, -0.05) is 24.3 Å². The first-order valence-electron chi connectivity index (χ1n) is 21.9. The summed E-state index contributed by atoms with van der Waals surface area (Å²) in [5.74, 6) is -1.25. The minimum Gasteiger partial charge on any atom is -0.492 e. The fourth-order valence-electron chi connectivity index (χ4n) is 9.44. The Balaban J connectivity index is 0.792. The van der Waals surface area contributed by atoms with E-state index in [-0.39, 0.29) is 54.9 Å². The number of carbonyl (C=O) groups is 4. The highest BCUT2D eigenvalue weighted by Gasteiger charge is 2.59. The van der Waals surface area contributed by atoms with Gasteiger partial charge < -0.3 is 34.9 Å². The van der Waals surface area contributed by atoms with Crippen LogP contribution in [-0.4, -0.2) is 95.6 Å². The Morgan fingerprint density at radius 2 is 1.72 bits per heavy atom. The highest BCUT2D eigenvalue weighted by atomic mass is 19.4. The van der Waals surface area contributed by atoms with E-state index < -0.39 is 36.4 Å². The highest BCUT2D eigenvalue weighted by Crippen LogP contribution is 2.46. The molecule has 14 nitrogen and oxygen atoms in total. The Bertz CT molecular complexity index is 2660. The maximum atomic E-state index is 15.1. The van der Waals surface area contributed by atoms with Crippen LogP contribution in [-0.2, 0) is 19.2 Å². The molecule has 4 amide bonds. The van der Waals surface area contributed by atoms with Gasteiger partial charge in [-0.3, -0.25) is 24.5 Å². The number of carbonyl (C=O) groups excluding carboxylic acids is 4. The number of fused-ring (bicyclic) bond motifs is 2. The van der Waals surface area contributed by atoms with Gasteiger partial charge in [-0.25, -0.2) is 4.98 Å². The van der Waals surface area contributed by atoms with Gasteiger partial charge in [-0.2, -0.15) is 18.4 Å². The van der Waals surface area contributed by atoms with Gasteiger partial charge in [0.05, 0.1) is 29.2 Å². The van der Waals surface area contributed by atoms with Gasteiger partial charge in [-0.05, 0) is 85.0 Å². The number of H-pyrrole nitrogens is 1. The van der Waals surface area contributed by atoms with Crippen LogP contribution in [0.15, 0.2) is 85.1 Å². The predicted octanol–water partition coefficient (Wildman–Crippen LogP) is 6.69. The molecule has 4 aliphatic rings. The average molecular weight is 889 g/mol. The molecule has 4 aliphatic heterocycles. The van der Waals surface area contributed by atoms with E-state index in [1.165, 1.54) is 11.0 Å². The molecule has 0 aliphatic carbocycles. The topological polar surface area (TPSA) is 182 Å². The first-order valence-corrected chi connectivity index (χ1v) is 21.9. The number of aromatic nitrogens is 2. The summed E-state index contributed by atoms with van der Waals surface area (Å²) in [5, 5.41) is 19.0. The van der Waals surface area contributed by atoms with Crippen LogP contribution in [0.3, 0.4) is 0 Å². The standard InChI is InChI=1S/C48H47F3N8O6/c49-48(50,51)47(65-41-7-2-1-5-34(41)40-25-35-29(27-52)4-3-6-38(35)55-40)16-21-59(22-17-47)46(63)37-26-44(61)56-39-11-9-32(24-36(37)39)64-23-18-53-31-14-19-58(20-15-31)42-12-8-30(28-54-42)33-10-13-43(60)57-45(33)62/h1-9,11-12,24-25,28,31,33,37,53,55H,10,13-23,26H2,(H,56,61)(H,57,60,62)/t33?,37-/m0/s1. The van der Waals surface area contributed by atoms with E-state index in [1.54, 1.807) is 66.9 Å². The first kappa shape index (κ1) is 43.3. The summed E-state index contributed by atoms with van der Waals surface area (Å²) in [6, 6.07) is 24.7. The van der Waals surface area contributed by atoms with Crippen LogP contribution < -0.4 is 30.3 Å². The molecule has 2 atom stereocenters. The molecule has 3 fully saturated rings. The molecule has 5 aromatic rings. The number of halogens is 3. The van der Waals surface area contributed by atoms with Crippen molar-refractivity contribution in [1.82, 2.24) is 25.5 Å². The van der Waals surface area contributed by atoms with E-state index in [4.69, 9.17) is 9.47 Å². The van der Waals surface area contributed by atoms with Crippen LogP contribution in [0.25, 0.3) is 22.2 Å². The molecule has 65 heavy (non-hydrogen) atoms. The Morgan fingerprint density at radius 1 is 0.923 bits per heavy atom. The summed E-state index contributed by atoms with van der Waals surface area (Å²) in [4.78, 5) is 62.1. The SMILES string of the molecule is N#Cc1cccc2[nH]c(-c3ccccc3OC3(C(F)(F)F)CCN(C(=O)[C@H]4CC(=O)Nc5ccc(OCCNC6CCN(c7ccc(C8CCC(=O)NC8=O)cn7)CC6)cc54)CC3)cc12. The van der Waals surface area contributed by atoms with Gasteiger partial charge in [0.1, 0.15) is 23.9 Å². The third-order valence-corrected chi connectivity index (χ3v) is 13.1. The molecule has 9 rings (SSSR count). The lowest BCUT2D eigenvalue weighted by Crippen LogP contribution is -2.58. The van der Waals surface area contributed by atoms with Gasteiger partial charge in [0.2, 0.25) is 29.2 Å². The third-order valence-electron chi connectivity index (χ3n) is 13.1.